The number of fused-ring (bicyclic) bond motifs is 1. The summed E-state index contributed by atoms with van der Waals surface area (Å²) in [7, 11) is 0. The first-order valence-corrected chi connectivity index (χ1v) is 8.09. The molecule has 0 aliphatic heterocycles. The van der Waals surface area contributed by atoms with Crippen LogP contribution in [0.1, 0.15) is 6.92 Å². The first-order valence-electron chi connectivity index (χ1n) is 7.10. The second kappa shape index (κ2) is 6.66. The van der Waals surface area contributed by atoms with Crippen LogP contribution in [-0.4, -0.2) is 38.1 Å². The van der Waals surface area contributed by atoms with Crippen molar-refractivity contribution >= 4 is 34.5 Å². The Hall–Kier alpha value is -2.61. The minimum Gasteiger partial charge on any atom is -0.339 e. The maximum atomic E-state index is 12.4. The summed E-state index contributed by atoms with van der Waals surface area (Å²) in [6.45, 7) is 2.50. The zero-order valence-electron chi connectivity index (χ0n) is 12.4. The number of carbonyl (C=O) groups excluding carboxylic acids is 1. The van der Waals surface area contributed by atoms with Gasteiger partial charge < -0.3 is 9.88 Å². The number of hydrogen-bond donors (Lipinski definition) is 2. The van der Waals surface area contributed by atoms with Gasteiger partial charge in [0.05, 0.1) is 12.1 Å². The highest BCUT2D eigenvalue weighted by molar-refractivity contribution is 7.99. The Morgan fingerprint density at radius 2 is 2.09 bits per heavy atom. The molecule has 0 spiro atoms. The summed E-state index contributed by atoms with van der Waals surface area (Å²) in [5.41, 5.74) is 1.24. The molecule has 0 aliphatic carbocycles. The van der Waals surface area contributed by atoms with Crippen LogP contribution >= 0.6 is 11.8 Å². The van der Waals surface area contributed by atoms with E-state index in [1.165, 1.54) is 18.1 Å². The van der Waals surface area contributed by atoms with E-state index < -0.39 is 0 Å². The summed E-state index contributed by atoms with van der Waals surface area (Å²) in [5.74, 6) is 0.134. The van der Waals surface area contributed by atoms with Crippen molar-refractivity contribution in [1.82, 2.24) is 19.9 Å². The number of hydrogen-bond acceptors (Lipinski definition) is 5. The second-order valence-electron chi connectivity index (χ2n) is 4.73. The van der Waals surface area contributed by atoms with Crippen LogP contribution in [0.3, 0.4) is 0 Å². The van der Waals surface area contributed by atoms with E-state index in [1.54, 1.807) is 4.90 Å². The summed E-state index contributed by atoms with van der Waals surface area (Å²) < 4.78 is 0. The molecule has 2 aromatic heterocycles. The van der Waals surface area contributed by atoms with Gasteiger partial charge in [0.2, 0.25) is 5.91 Å². The minimum absolute atomic E-state index is 0.0477. The number of aromatic nitrogens is 4. The van der Waals surface area contributed by atoms with Gasteiger partial charge in [-0.2, -0.15) is 0 Å². The summed E-state index contributed by atoms with van der Waals surface area (Å²) in [6, 6.07) is 9.47. The van der Waals surface area contributed by atoms with E-state index in [4.69, 9.17) is 0 Å². The van der Waals surface area contributed by atoms with Crippen molar-refractivity contribution < 1.29 is 4.79 Å². The highest BCUT2D eigenvalue weighted by Crippen LogP contribution is 2.18. The topological polar surface area (TPSA) is 94.7 Å². The summed E-state index contributed by atoms with van der Waals surface area (Å²) in [5, 5.41) is 0.382. The van der Waals surface area contributed by atoms with Crippen molar-refractivity contribution in [1.29, 1.82) is 0 Å². The molecule has 0 radical (unpaired) electrons. The van der Waals surface area contributed by atoms with Crippen LogP contribution in [0.25, 0.3) is 11.2 Å². The lowest BCUT2D eigenvalue weighted by atomic mass is 10.3. The predicted octanol–water partition coefficient (Wildman–Crippen LogP) is 1.79. The van der Waals surface area contributed by atoms with Gasteiger partial charge in [-0.1, -0.05) is 30.0 Å². The Balaban J connectivity index is 1.73. The summed E-state index contributed by atoms with van der Waals surface area (Å²) >= 11 is 1.19. The smallest absolute Gasteiger partial charge is 0.277 e. The molecule has 2 N–H and O–H groups in total. The van der Waals surface area contributed by atoms with E-state index in [2.05, 4.69) is 19.9 Å². The third kappa shape index (κ3) is 3.26. The van der Waals surface area contributed by atoms with Crippen LogP contribution in [0.5, 0.6) is 0 Å². The maximum absolute atomic E-state index is 12.4. The van der Waals surface area contributed by atoms with Crippen LogP contribution in [0.15, 0.2) is 46.6 Å². The van der Waals surface area contributed by atoms with E-state index in [0.717, 1.165) is 5.69 Å². The van der Waals surface area contributed by atoms with Crippen LogP contribution in [0.2, 0.25) is 0 Å². The van der Waals surface area contributed by atoms with Crippen LogP contribution in [0.4, 0.5) is 5.69 Å². The molecule has 118 valence electrons. The number of benzene rings is 1. The number of H-pyrrole nitrogens is 2. The number of nitrogens with one attached hydrogen (secondary N) is 2. The third-order valence-corrected chi connectivity index (χ3v) is 4.15. The average Bonchev–Trinajstić information content (AvgIpc) is 3.04. The molecule has 23 heavy (non-hydrogen) atoms. The van der Waals surface area contributed by atoms with Gasteiger partial charge in [-0.05, 0) is 19.1 Å². The maximum Gasteiger partial charge on any atom is 0.277 e. The van der Waals surface area contributed by atoms with Gasteiger partial charge in [0.1, 0.15) is 0 Å². The average molecular weight is 329 g/mol. The molecule has 0 unspecified atom stereocenters. The number of para-hydroxylation sites is 1. The van der Waals surface area contributed by atoms with Crippen molar-refractivity contribution in [3.63, 3.8) is 0 Å². The molecule has 1 aromatic carbocycles. The molecule has 7 nitrogen and oxygen atoms in total. The number of aromatic amines is 2. The van der Waals surface area contributed by atoms with Gasteiger partial charge in [0, 0.05) is 12.2 Å². The summed E-state index contributed by atoms with van der Waals surface area (Å²) in [4.78, 5) is 39.5. The van der Waals surface area contributed by atoms with Crippen molar-refractivity contribution in [3.05, 3.63) is 47.0 Å². The largest absolute Gasteiger partial charge is 0.339 e. The monoisotopic (exact) mass is 329 g/mol. The number of rotatable bonds is 5. The molecular weight excluding hydrogens is 314 g/mol. The lowest BCUT2D eigenvalue weighted by Gasteiger charge is -2.20. The number of thioether (sulfide) groups is 1. The third-order valence-electron chi connectivity index (χ3n) is 3.29. The number of nitrogens with zero attached hydrogens (tertiary/aromatic N) is 3. The zero-order valence-corrected chi connectivity index (χ0v) is 13.3. The van der Waals surface area contributed by atoms with Crippen molar-refractivity contribution in [2.75, 3.05) is 17.2 Å². The highest BCUT2D eigenvalue weighted by atomic mass is 32.2. The fourth-order valence-corrected chi connectivity index (χ4v) is 2.94. The number of anilines is 1. The Kier molecular flexibility index (Phi) is 4.42. The minimum atomic E-state index is -0.294. The second-order valence-corrected chi connectivity index (χ2v) is 5.70. The van der Waals surface area contributed by atoms with Gasteiger partial charge in [-0.15, -0.1) is 0 Å². The number of imidazole rings is 1. The Labute approximate surface area is 136 Å². The fraction of sp³-hybridized carbons (Fsp3) is 0.200. The molecule has 0 fully saturated rings. The lowest BCUT2D eigenvalue weighted by Crippen LogP contribution is -2.32. The molecule has 0 atom stereocenters. The van der Waals surface area contributed by atoms with E-state index >= 15 is 0 Å². The van der Waals surface area contributed by atoms with Gasteiger partial charge in [0.25, 0.3) is 5.56 Å². The first kappa shape index (κ1) is 15.3. The van der Waals surface area contributed by atoms with Crippen molar-refractivity contribution in [2.24, 2.45) is 0 Å². The number of amides is 1. The van der Waals surface area contributed by atoms with E-state index in [-0.39, 0.29) is 17.2 Å². The first-order chi connectivity index (χ1) is 11.2. The SMILES string of the molecule is CCN(C(=O)CSc1nc2nc[nH]c2c(=O)[nH]1)c1ccccc1. The summed E-state index contributed by atoms with van der Waals surface area (Å²) in [6.07, 6.45) is 1.42. The molecule has 8 heteroatoms. The normalized spacial score (nSPS) is 10.8. The van der Waals surface area contributed by atoms with Crippen LogP contribution < -0.4 is 10.5 Å². The van der Waals surface area contributed by atoms with Gasteiger partial charge >= 0.3 is 0 Å². The molecule has 1 amide bonds. The van der Waals surface area contributed by atoms with Gasteiger partial charge in [0.15, 0.2) is 16.3 Å². The molecule has 3 rings (SSSR count). The lowest BCUT2D eigenvalue weighted by molar-refractivity contribution is -0.116. The Morgan fingerprint density at radius 1 is 1.30 bits per heavy atom. The highest BCUT2D eigenvalue weighted by Gasteiger charge is 2.15. The van der Waals surface area contributed by atoms with Gasteiger partial charge in [-0.25, -0.2) is 9.97 Å². The fourth-order valence-electron chi connectivity index (χ4n) is 2.21. The number of carbonyl (C=O) groups is 1. The van der Waals surface area contributed by atoms with Crippen LogP contribution in [-0.2, 0) is 4.79 Å². The Bertz CT molecular complexity index is 874. The molecule has 0 aliphatic rings. The van der Waals surface area contributed by atoms with E-state index in [1.807, 2.05) is 37.3 Å². The molecule has 0 saturated heterocycles. The van der Waals surface area contributed by atoms with Gasteiger partial charge in [-0.3, -0.25) is 14.6 Å². The molecule has 2 heterocycles. The Morgan fingerprint density at radius 3 is 2.83 bits per heavy atom. The molecule has 0 bridgehead atoms. The van der Waals surface area contributed by atoms with E-state index in [9.17, 15) is 9.59 Å². The van der Waals surface area contributed by atoms with E-state index in [0.29, 0.717) is 22.9 Å². The van der Waals surface area contributed by atoms with Crippen molar-refractivity contribution in [3.8, 4) is 0 Å². The standard InChI is InChI=1S/C15H15N5O2S/c1-2-20(10-6-4-3-5-7-10)11(21)8-23-15-18-13-12(14(22)19-15)16-9-17-13/h3-7,9H,2,8H2,1H3,(H2,16,17,18,19,22). The van der Waals surface area contributed by atoms with Crippen molar-refractivity contribution in [2.45, 2.75) is 12.1 Å². The van der Waals surface area contributed by atoms with Crippen LogP contribution in [0, 0.1) is 0 Å². The molecule has 3 aromatic rings. The predicted molar refractivity (Wildman–Crippen MR) is 89.7 cm³/mol. The zero-order chi connectivity index (χ0) is 16.2. The molecule has 0 saturated carbocycles. The molecular formula is C15H15N5O2S. The quantitative estimate of drug-likeness (QED) is 0.550.